The number of benzene rings is 2. The first kappa shape index (κ1) is 19.3. The van der Waals surface area contributed by atoms with Gasteiger partial charge >= 0.3 is 0 Å². The third-order valence-corrected chi connectivity index (χ3v) is 5.39. The van der Waals surface area contributed by atoms with Crippen LogP contribution in [0.2, 0.25) is 0 Å². The first-order valence-electron chi connectivity index (χ1n) is 10.1. The highest BCUT2D eigenvalue weighted by Gasteiger charge is 2.26. The molecule has 2 aromatic carbocycles. The molecule has 0 bridgehead atoms. The lowest BCUT2D eigenvalue weighted by Gasteiger charge is -2.29. The second kappa shape index (κ2) is 9.01. The zero-order chi connectivity index (χ0) is 20.1. The highest BCUT2D eigenvalue weighted by Crippen LogP contribution is 2.28. The standard InChI is InChI=1S/C23H26N4O2/c1-17-7-9-19(10-8-17)22-25-23(29-26-22)20-11-13-27(14-12-20)16-21(28)24-15-18-5-3-2-4-6-18/h2-10,20H,11-16H2,1H3,(H,24,28). The van der Waals surface area contributed by atoms with E-state index in [0.717, 1.165) is 37.1 Å². The van der Waals surface area contributed by atoms with Gasteiger partial charge in [-0.2, -0.15) is 4.98 Å². The molecule has 0 aliphatic carbocycles. The van der Waals surface area contributed by atoms with Gasteiger partial charge in [0, 0.05) is 18.0 Å². The van der Waals surface area contributed by atoms with Crippen LogP contribution >= 0.6 is 0 Å². The number of likely N-dealkylation sites (tertiary alicyclic amines) is 1. The molecule has 1 N–H and O–H groups in total. The number of aromatic nitrogens is 2. The Bertz CT molecular complexity index is 929. The van der Waals surface area contributed by atoms with E-state index in [1.165, 1.54) is 5.56 Å². The van der Waals surface area contributed by atoms with Crippen LogP contribution in [0.15, 0.2) is 59.1 Å². The third-order valence-electron chi connectivity index (χ3n) is 5.39. The van der Waals surface area contributed by atoms with Crippen molar-refractivity contribution in [1.29, 1.82) is 0 Å². The van der Waals surface area contributed by atoms with Gasteiger partial charge in [-0.1, -0.05) is 65.3 Å². The summed E-state index contributed by atoms with van der Waals surface area (Å²) in [6.07, 6.45) is 1.84. The second-order valence-corrected chi connectivity index (χ2v) is 7.63. The zero-order valence-electron chi connectivity index (χ0n) is 16.7. The van der Waals surface area contributed by atoms with Gasteiger partial charge in [0.15, 0.2) is 0 Å². The van der Waals surface area contributed by atoms with Gasteiger partial charge in [-0.15, -0.1) is 0 Å². The van der Waals surface area contributed by atoms with Gasteiger partial charge in [-0.3, -0.25) is 9.69 Å². The average Bonchev–Trinajstić information content (AvgIpc) is 3.24. The van der Waals surface area contributed by atoms with Crippen LogP contribution in [-0.2, 0) is 11.3 Å². The van der Waals surface area contributed by atoms with Crippen molar-refractivity contribution >= 4 is 5.91 Å². The van der Waals surface area contributed by atoms with Crippen LogP contribution < -0.4 is 5.32 Å². The van der Waals surface area contributed by atoms with Crippen LogP contribution in [0.25, 0.3) is 11.4 Å². The minimum absolute atomic E-state index is 0.0618. The molecular weight excluding hydrogens is 364 g/mol. The van der Waals surface area contributed by atoms with Gasteiger partial charge < -0.3 is 9.84 Å². The van der Waals surface area contributed by atoms with Gasteiger partial charge in [-0.25, -0.2) is 0 Å². The summed E-state index contributed by atoms with van der Waals surface area (Å²) in [5, 5.41) is 7.14. The van der Waals surface area contributed by atoms with E-state index in [4.69, 9.17) is 4.52 Å². The molecule has 0 spiro atoms. The van der Waals surface area contributed by atoms with Crippen LogP contribution in [0.4, 0.5) is 0 Å². The molecule has 29 heavy (non-hydrogen) atoms. The zero-order valence-corrected chi connectivity index (χ0v) is 16.7. The molecule has 0 saturated carbocycles. The number of amides is 1. The predicted molar refractivity (Wildman–Crippen MR) is 111 cm³/mol. The first-order chi connectivity index (χ1) is 14.2. The van der Waals surface area contributed by atoms with Crippen molar-refractivity contribution in [2.45, 2.75) is 32.2 Å². The topological polar surface area (TPSA) is 71.3 Å². The summed E-state index contributed by atoms with van der Waals surface area (Å²) in [7, 11) is 0. The maximum absolute atomic E-state index is 12.2. The monoisotopic (exact) mass is 390 g/mol. The van der Waals surface area contributed by atoms with Crippen LogP contribution in [0.3, 0.4) is 0 Å². The first-order valence-corrected chi connectivity index (χ1v) is 10.1. The fraction of sp³-hybridized carbons (Fsp3) is 0.348. The van der Waals surface area contributed by atoms with E-state index in [0.29, 0.717) is 24.8 Å². The molecule has 0 unspecified atom stereocenters. The number of hydrogen-bond donors (Lipinski definition) is 1. The minimum atomic E-state index is 0.0618. The Morgan fingerprint density at radius 2 is 1.83 bits per heavy atom. The number of nitrogens with one attached hydrogen (secondary N) is 1. The van der Waals surface area contributed by atoms with E-state index < -0.39 is 0 Å². The number of piperidine rings is 1. The average molecular weight is 390 g/mol. The molecule has 1 aromatic heterocycles. The highest BCUT2D eigenvalue weighted by atomic mass is 16.5. The minimum Gasteiger partial charge on any atom is -0.351 e. The van der Waals surface area contributed by atoms with Crippen molar-refractivity contribution < 1.29 is 9.32 Å². The van der Waals surface area contributed by atoms with Crippen molar-refractivity contribution in [2.24, 2.45) is 0 Å². The molecule has 4 rings (SSSR count). The largest absolute Gasteiger partial charge is 0.351 e. The summed E-state index contributed by atoms with van der Waals surface area (Å²) < 4.78 is 5.53. The maximum atomic E-state index is 12.2. The maximum Gasteiger partial charge on any atom is 0.234 e. The number of rotatable bonds is 6. The summed E-state index contributed by atoms with van der Waals surface area (Å²) in [6.45, 7) is 4.76. The van der Waals surface area contributed by atoms with Gasteiger partial charge in [0.1, 0.15) is 0 Å². The van der Waals surface area contributed by atoms with Crippen molar-refractivity contribution in [1.82, 2.24) is 20.4 Å². The quantitative estimate of drug-likeness (QED) is 0.697. The van der Waals surface area contributed by atoms with Crippen LogP contribution in [0.5, 0.6) is 0 Å². The van der Waals surface area contributed by atoms with E-state index in [9.17, 15) is 4.79 Å². The Hall–Kier alpha value is -2.99. The van der Waals surface area contributed by atoms with Crippen LogP contribution in [0.1, 0.15) is 35.8 Å². The Labute approximate surface area is 170 Å². The number of carbonyl (C=O) groups is 1. The van der Waals surface area contributed by atoms with E-state index in [1.807, 2.05) is 54.6 Å². The third kappa shape index (κ3) is 5.09. The van der Waals surface area contributed by atoms with Gasteiger partial charge in [0.25, 0.3) is 0 Å². The fourth-order valence-electron chi connectivity index (χ4n) is 3.61. The van der Waals surface area contributed by atoms with Crippen molar-refractivity contribution in [3.05, 3.63) is 71.6 Å². The smallest absolute Gasteiger partial charge is 0.234 e. The highest BCUT2D eigenvalue weighted by molar-refractivity contribution is 5.78. The SMILES string of the molecule is Cc1ccc(-c2noc(C3CCN(CC(=O)NCc4ccccc4)CC3)n2)cc1. The second-order valence-electron chi connectivity index (χ2n) is 7.63. The van der Waals surface area contributed by atoms with Gasteiger partial charge in [-0.05, 0) is 38.4 Å². The molecule has 0 atom stereocenters. The molecular formula is C23H26N4O2. The van der Waals surface area contributed by atoms with Crippen LogP contribution in [0, 0.1) is 6.92 Å². The number of aryl methyl sites for hydroxylation is 1. The lowest BCUT2D eigenvalue weighted by molar-refractivity contribution is -0.122. The molecule has 0 radical (unpaired) electrons. The molecule has 2 heterocycles. The van der Waals surface area contributed by atoms with Crippen molar-refractivity contribution in [3.63, 3.8) is 0 Å². The molecule has 3 aromatic rings. The van der Waals surface area contributed by atoms with E-state index in [2.05, 4.69) is 27.3 Å². The summed E-state index contributed by atoms with van der Waals surface area (Å²) in [5.74, 6) is 1.66. The number of nitrogens with zero attached hydrogens (tertiary/aromatic N) is 3. The van der Waals surface area contributed by atoms with Gasteiger partial charge in [0.05, 0.1) is 6.54 Å². The van der Waals surface area contributed by atoms with Crippen molar-refractivity contribution in [3.8, 4) is 11.4 Å². The molecule has 1 fully saturated rings. The number of hydrogen-bond acceptors (Lipinski definition) is 5. The molecule has 6 nitrogen and oxygen atoms in total. The Balaban J connectivity index is 1.25. The fourth-order valence-corrected chi connectivity index (χ4v) is 3.61. The Morgan fingerprint density at radius 3 is 2.55 bits per heavy atom. The number of carbonyl (C=O) groups excluding carboxylic acids is 1. The molecule has 1 aliphatic rings. The summed E-state index contributed by atoms with van der Waals surface area (Å²) >= 11 is 0. The molecule has 1 amide bonds. The van der Waals surface area contributed by atoms with E-state index >= 15 is 0 Å². The molecule has 1 saturated heterocycles. The summed E-state index contributed by atoms with van der Waals surface area (Å²) in [6, 6.07) is 18.1. The molecule has 150 valence electrons. The van der Waals surface area contributed by atoms with E-state index in [1.54, 1.807) is 0 Å². The predicted octanol–water partition coefficient (Wildman–Crippen LogP) is 3.54. The molecule has 1 aliphatic heterocycles. The lowest BCUT2D eigenvalue weighted by atomic mass is 9.97. The van der Waals surface area contributed by atoms with E-state index in [-0.39, 0.29) is 11.8 Å². The Morgan fingerprint density at radius 1 is 1.10 bits per heavy atom. The summed E-state index contributed by atoms with van der Waals surface area (Å²) in [4.78, 5) is 19.0. The van der Waals surface area contributed by atoms with Gasteiger partial charge in [0.2, 0.25) is 17.6 Å². The lowest BCUT2D eigenvalue weighted by Crippen LogP contribution is -2.41. The van der Waals surface area contributed by atoms with Crippen molar-refractivity contribution in [2.75, 3.05) is 19.6 Å². The molecule has 6 heteroatoms. The summed E-state index contributed by atoms with van der Waals surface area (Å²) in [5.41, 5.74) is 3.29. The Kier molecular flexibility index (Phi) is 6.00. The van der Waals surface area contributed by atoms with Crippen LogP contribution in [-0.4, -0.2) is 40.6 Å². The normalized spacial score (nSPS) is 15.3.